The molecule has 0 unspecified atom stereocenters. The number of carbonyl (C=O) groups excluding carboxylic acids is 2. The minimum absolute atomic E-state index is 0.0587. The molecule has 0 aliphatic heterocycles. The highest BCUT2D eigenvalue weighted by atomic mass is 19.1. The number of benzene rings is 3. The smallest absolute Gasteiger partial charge is 0.341 e. The summed E-state index contributed by atoms with van der Waals surface area (Å²) in [7, 11) is 2.76. The van der Waals surface area contributed by atoms with Crippen molar-refractivity contribution in [3.63, 3.8) is 0 Å². The molecule has 7 nitrogen and oxygen atoms in total. The molecule has 1 fully saturated rings. The summed E-state index contributed by atoms with van der Waals surface area (Å²) in [5.41, 5.74) is 0.375. The number of carbonyl (C=O) groups is 2. The summed E-state index contributed by atoms with van der Waals surface area (Å²) in [5.74, 6) is -1.55. The second-order valence-electron chi connectivity index (χ2n) is 9.70. The Bertz CT molecular complexity index is 1280. The van der Waals surface area contributed by atoms with Crippen molar-refractivity contribution >= 4 is 22.7 Å². The highest BCUT2D eigenvalue weighted by Gasteiger charge is 2.40. The van der Waals surface area contributed by atoms with Crippen LogP contribution < -0.4 is 9.47 Å². The van der Waals surface area contributed by atoms with Crippen LogP contribution in [0.15, 0.2) is 54.6 Å². The largest absolute Gasteiger partial charge is 0.490 e. The Morgan fingerprint density at radius 2 is 1.71 bits per heavy atom. The molecule has 1 saturated carbocycles. The standard InChI is InChI=1S/C30H33FO7/c1-30(29(33)37-19-21-9-6-8-20-7-4-5-10-23(20)21)13-11-22(12-14-30)38-27-17-24(28(32)35-3)26(18-25(27)31)36-16-15-34-2/h4-10,17-18,22H,11-16,19H2,1-3H3/t22-,30+. The first-order valence-corrected chi connectivity index (χ1v) is 12.7. The molecule has 1 aliphatic carbocycles. The van der Waals surface area contributed by atoms with Crippen LogP contribution in [0.25, 0.3) is 10.8 Å². The lowest BCUT2D eigenvalue weighted by Gasteiger charge is -2.35. The van der Waals surface area contributed by atoms with Gasteiger partial charge in [0.1, 0.15) is 24.5 Å². The van der Waals surface area contributed by atoms with Gasteiger partial charge < -0.3 is 23.7 Å². The van der Waals surface area contributed by atoms with Crippen molar-refractivity contribution in [3.8, 4) is 11.5 Å². The molecule has 0 atom stereocenters. The van der Waals surface area contributed by atoms with Gasteiger partial charge in [0.2, 0.25) is 0 Å². The molecule has 0 bridgehead atoms. The van der Waals surface area contributed by atoms with Crippen LogP contribution in [0.3, 0.4) is 0 Å². The third-order valence-corrected chi connectivity index (χ3v) is 7.05. The van der Waals surface area contributed by atoms with E-state index in [9.17, 15) is 14.0 Å². The van der Waals surface area contributed by atoms with E-state index in [2.05, 4.69) is 0 Å². The van der Waals surface area contributed by atoms with Crippen molar-refractivity contribution in [1.29, 1.82) is 0 Å². The van der Waals surface area contributed by atoms with Gasteiger partial charge in [-0.1, -0.05) is 42.5 Å². The molecule has 0 N–H and O–H groups in total. The van der Waals surface area contributed by atoms with Crippen LogP contribution in [0.1, 0.15) is 48.5 Å². The Balaban J connectivity index is 1.37. The maximum absolute atomic E-state index is 14.9. The van der Waals surface area contributed by atoms with Gasteiger partial charge in [-0.05, 0) is 48.9 Å². The van der Waals surface area contributed by atoms with Crippen LogP contribution in [0.2, 0.25) is 0 Å². The second kappa shape index (κ2) is 12.3. The van der Waals surface area contributed by atoms with E-state index in [1.165, 1.54) is 20.3 Å². The van der Waals surface area contributed by atoms with Crippen molar-refractivity contribution in [2.45, 2.75) is 45.3 Å². The average molecular weight is 525 g/mol. The summed E-state index contributed by atoms with van der Waals surface area (Å²) >= 11 is 0. The van der Waals surface area contributed by atoms with Gasteiger partial charge in [-0.3, -0.25) is 4.79 Å². The van der Waals surface area contributed by atoms with Gasteiger partial charge in [-0.2, -0.15) is 0 Å². The summed E-state index contributed by atoms with van der Waals surface area (Å²) in [6.07, 6.45) is 1.85. The van der Waals surface area contributed by atoms with Crippen molar-refractivity contribution in [1.82, 2.24) is 0 Å². The van der Waals surface area contributed by atoms with Crippen molar-refractivity contribution in [3.05, 3.63) is 71.5 Å². The van der Waals surface area contributed by atoms with Gasteiger partial charge in [-0.25, -0.2) is 9.18 Å². The quantitative estimate of drug-likeness (QED) is 0.243. The number of fused-ring (bicyclic) bond motifs is 1. The number of ether oxygens (including phenoxy) is 5. The second-order valence-corrected chi connectivity index (χ2v) is 9.70. The molecular weight excluding hydrogens is 491 g/mol. The zero-order valence-electron chi connectivity index (χ0n) is 22.0. The molecule has 38 heavy (non-hydrogen) atoms. The molecule has 1 aliphatic rings. The zero-order chi connectivity index (χ0) is 27.1. The molecule has 3 aromatic carbocycles. The fraction of sp³-hybridized carbons (Fsp3) is 0.400. The number of hydrogen-bond acceptors (Lipinski definition) is 7. The highest BCUT2D eigenvalue weighted by molar-refractivity contribution is 5.93. The summed E-state index contributed by atoms with van der Waals surface area (Å²) in [6, 6.07) is 16.4. The van der Waals surface area contributed by atoms with Crippen LogP contribution in [-0.4, -0.2) is 45.5 Å². The Hall–Kier alpha value is -3.65. The van der Waals surface area contributed by atoms with E-state index in [1.807, 2.05) is 49.4 Å². The number of rotatable bonds is 10. The van der Waals surface area contributed by atoms with Crippen molar-refractivity contribution in [2.24, 2.45) is 5.41 Å². The highest BCUT2D eigenvalue weighted by Crippen LogP contribution is 2.40. The lowest BCUT2D eigenvalue weighted by molar-refractivity contribution is -0.159. The first-order chi connectivity index (χ1) is 18.3. The van der Waals surface area contributed by atoms with E-state index in [1.54, 1.807) is 0 Å². The Morgan fingerprint density at radius 3 is 2.45 bits per heavy atom. The predicted molar refractivity (Wildman–Crippen MR) is 140 cm³/mol. The van der Waals surface area contributed by atoms with Gasteiger partial charge in [-0.15, -0.1) is 0 Å². The third kappa shape index (κ3) is 6.25. The van der Waals surface area contributed by atoms with Crippen molar-refractivity contribution in [2.75, 3.05) is 27.4 Å². The van der Waals surface area contributed by atoms with E-state index >= 15 is 0 Å². The maximum Gasteiger partial charge on any atom is 0.341 e. The summed E-state index contributed by atoms with van der Waals surface area (Å²) in [6.45, 7) is 2.54. The van der Waals surface area contributed by atoms with Gasteiger partial charge in [0, 0.05) is 19.2 Å². The number of halogens is 1. The third-order valence-electron chi connectivity index (χ3n) is 7.05. The van der Waals surface area contributed by atoms with E-state index in [0.29, 0.717) is 25.7 Å². The van der Waals surface area contributed by atoms with Gasteiger partial charge in [0.05, 0.1) is 25.2 Å². The number of methoxy groups -OCH3 is 2. The monoisotopic (exact) mass is 524 g/mol. The van der Waals surface area contributed by atoms with E-state index < -0.39 is 17.2 Å². The van der Waals surface area contributed by atoms with Gasteiger partial charge in [0.15, 0.2) is 11.6 Å². The molecule has 0 amide bonds. The molecular formula is C30H33FO7. The maximum atomic E-state index is 14.9. The lowest BCUT2D eigenvalue weighted by Crippen LogP contribution is -2.37. The Morgan fingerprint density at radius 1 is 0.974 bits per heavy atom. The molecule has 0 aromatic heterocycles. The fourth-order valence-electron chi connectivity index (χ4n) is 4.72. The molecule has 0 heterocycles. The summed E-state index contributed by atoms with van der Waals surface area (Å²) < 4.78 is 41.8. The summed E-state index contributed by atoms with van der Waals surface area (Å²) in [5, 5.41) is 2.16. The van der Waals surface area contributed by atoms with E-state index in [-0.39, 0.29) is 49.0 Å². The summed E-state index contributed by atoms with van der Waals surface area (Å²) in [4.78, 5) is 25.3. The molecule has 0 radical (unpaired) electrons. The normalized spacial score (nSPS) is 19.1. The Kier molecular flexibility index (Phi) is 8.84. The van der Waals surface area contributed by atoms with Gasteiger partial charge >= 0.3 is 11.9 Å². The molecule has 3 aromatic rings. The molecule has 0 spiro atoms. The van der Waals surface area contributed by atoms with Crippen LogP contribution >= 0.6 is 0 Å². The van der Waals surface area contributed by atoms with Crippen molar-refractivity contribution < 1.29 is 37.7 Å². The molecule has 4 rings (SSSR count). The van der Waals surface area contributed by atoms with E-state index in [0.717, 1.165) is 22.4 Å². The van der Waals surface area contributed by atoms with Crippen LogP contribution in [0, 0.1) is 11.2 Å². The average Bonchev–Trinajstić information content (AvgIpc) is 2.94. The number of esters is 2. The van der Waals surface area contributed by atoms with Crippen LogP contribution in [0.5, 0.6) is 11.5 Å². The fourth-order valence-corrected chi connectivity index (χ4v) is 4.72. The molecule has 202 valence electrons. The molecule has 8 heteroatoms. The van der Waals surface area contributed by atoms with Crippen LogP contribution in [-0.2, 0) is 25.6 Å². The predicted octanol–water partition coefficient (Wildman–Crippen LogP) is 5.86. The first kappa shape index (κ1) is 27.4. The Labute approximate surface area is 221 Å². The zero-order valence-corrected chi connectivity index (χ0v) is 22.0. The lowest BCUT2D eigenvalue weighted by atomic mass is 9.74. The SMILES string of the molecule is COCCOc1cc(F)c(O[C@H]2CC[C@@](C)(C(=O)OCc3cccc4ccccc34)CC2)cc1C(=O)OC. The number of hydrogen-bond donors (Lipinski definition) is 0. The molecule has 0 saturated heterocycles. The first-order valence-electron chi connectivity index (χ1n) is 12.7. The van der Waals surface area contributed by atoms with E-state index in [4.69, 9.17) is 23.7 Å². The minimum atomic E-state index is -0.660. The minimum Gasteiger partial charge on any atom is -0.490 e. The van der Waals surface area contributed by atoms with Gasteiger partial charge in [0.25, 0.3) is 0 Å². The van der Waals surface area contributed by atoms with Crippen LogP contribution in [0.4, 0.5) is 4.39 Å². The topological polar surface area (TPSA) is 80.3 Å².